The fraction of sp³-hybridized carbons (Fsp3) is 0.455. The zero-order valence-electron chi connectivity index (χ0n) is 8.67. The van der Waals surface area contributed by atoms with Crippen LogP contribution in [-0.4, -0.2) is 11.8 Å². The Kier molecular flexibility index (Phi) is 3.78. The lowest BCUT2D eigenvalue weighted by atomic mass is 10.2. The van der Waals surface area contributed by atoms with E-state index in [4.69, 9.17) is 9.94 Å². The van der Waals surface area contributed by atoms with Crippen molar-refractivity contribution in [1.82, 2.24) is 5.48 Å². The molecule has 1 aliphatic rings. The number of hydrogen-bond donors (Lipinski definition) is 2. The van der Waals surface area contributed by atoms with E-state index in [9.17, 15) is 4.39 Å². The SMILES string of the molecule is ONCc1cc(F)cc(Br)c1OCC1CC1. The molecule has 16 heavy (non-hydrogen) atoms. The number of nitrogens with one attached hydrogen (secondary N) is 1. The van der Waals surface area contributed by atoms with E-state index in [-0.39, 0.29) is 12.4 Å². The molecule has 3 nitrogen and oxygen atoms in total. The summed E-state index contributed by atoms with van der Waals surface area (Å²) < 4.78 is 19.4. The van der Waals surface area contributed by atoms with Gasteiger partial charge in [-0.3, -0.25) is 0 Å². The lowest BCUT2D eigenvalue weighted by molar-refractivity contribution is 0.159. The maximum atomic E-state index is 13.1. The van der Waals surface area contributed by atoms with Crippen LogP contribution in [0.25, 0.3) is 0 Å². The number of ether oxygens (including phenoxy) is 1. The van der Waals surface area contributed by atoms with Gasteiger partial charge in [0.15, 0.2) is 0 Å². The first-order valence-electron chi connectivity index (χ1n) is 5.18. The molecule has 0 amide bonds. The van der Waals surface area contributed by atoms with Crippen molar-refractivity contribution in [2.75, 3.05) is 6.61 Å². The first-order valence-corrected chi connectivity index (χ1v) is 5.97. The molecule has 0 spiro atoms. The van der Waals surface area contributed by atoms with Gasteiger partial charge >= 0.3 is 0 Å². The molecule has 1 saturated carbocycles. The average Bonchev–Trinajstić information content (AvgIpc) is 3.00. The molecule has 5 heteroatoms. The zero-order valence-corrected chi connectivity index (χ0v) is 10.3. The molecule has 0 aromatic heterocycles. The standard InChI is InChI=1S/C11H13BrFNO2/c12-10-4-9(13)3-8(5-14-15)11(10)16-6-7-1-2-7/h3-4,7,14-15H,1-2,5-6H2. The van der Waals surface area contributed by atoms with E-state index in [1.54, 1.807) is 0 Å². The molecular formula is C11H13BrFNO2. The van der Waals surface area contributed by atoms with E-state index < -0.39 is 0 Å². The fourth-order valence-electron chi connectivity index (χ4n) is 1.48. The summed E-state index contributed by atoms with van der Waals surface area (Å²) in [6.45, 7) is 0.818. The van der Waals surface area contributed by atoms with Gasteiger partial charge in [-0.25, -0.2) is 9.87 Å². The lowest BCUT2D eigenvalue weighted by Gasteiger charge is -2.12. The van der Waals surface area contributed by atoms with E-state index in [0.717, 1.165) is 0 Å². The minimum Gasteiger partial charge on any atom is -0.492 e. The van der Waals surface area contributed by atoms with Crippen LogP contribution in [0.4, 0.5) is 4.39 Å². The van der Waals surface area contributed by atoms with E-state index in [2.05, 4.69) is 15.9 Å². The Hall–Kier alpha value is -0.650. The van der Waals surface area contributed by atoms with Crippen LogP contribution in [0.2, 0.25) is 0 Å². The summed E-state index contributed by atoms with van der Waals surface area (Å²) in [5.41, 5.74) is 2.62. The largest absolute Gasteiger partial charge is 0.492 e. The van der Waals surface area contributed by atoms with Gasteiger partial charge in [0, 0.05) is 12.1 Å². The van der Waals surface area contributed by atoms with E-state index in [1.165, 1.54) is 25.0 Å². The minimum atomic E-state index is -0.351. The maximum Gasteiger partial charge on any atom is 0.138 e. The average molecular weight is 290 g/mol. The van der Waals surface area contributed by atoms with Crippen LogP contribution < -0.4 is 10.2 Å². The topological polar surface area (TPSA) is 41.5 Å². The molecule has 2 rings (SSSR count). The Morgan fingerprint density at radius 3 is 2.88 bits per heavy atom. The van der Waals surface area contributed by atoms with Crippen molar-refractivity contribution < 1.29 is 14.3 Å². The zero-order chi connectivity index (χ0) is 11.5. The molecule has 1 aliphatic carbocycles. The van der Waals surface area contributed by atoms with E-state index in [1.807, 2.05) is 5.48 Å². The highest BCUT2D eigenvalue weighted by atomic mass is 79.9. The molecule has 0 radical (unpaired) electrons. The summed E-state index contributed by atoms with van der Waals surface area (Å²) in [5.74, 6) is 0.887. The quantitative estimate of drug-likeness (QED) is 0.819. The monoisotopic (exact) mass is 289 g/mol. The molecule has 2 N–H and O–H groups in total. The van der Waals surface area contributed by atoms with Crippen molar-refractivity contribution >= 4 is 15.9 Å². The molecule has 1 fully saturated rings. The van der Waals surface area contributed by atoms with Gasteiger partial charge in [0.2, 0.25) is 0 Å². The van der Waals surface area contributed by atoms with Gasteiger partial charge in [0.05, 0.1) is 11.1 Å². The Morgan fingerprint density at radius 1 is 1.50 bits per heavy atom. The Morgan fingerprint density at radius 2 is 2.25 bits per heavy atom. The van der Waals surface area contributed by atoms with E-state index >= 15 is 0 Å². The van der Waals surface area contributed by atoms with Crippen LogP contribution in [0.3, 0.4) is 0 Å². The van der Waals surface area contributed by atoms with Gasteiger partial charge in [0.1, 0.15) is 11.6 Å². The van der Waals surface area contributed by atoms with Crippen molar-refractivity contribution in [2.24, 2.45) is 5.92 Å². The third-order valence-electron chi connectivity index (χ3n) is 2.52. The van der Waals surface area contributed by atoms with Gasteiger partial charge in [-0.1, -0.05) is 0 Å². The van der Waals surface area contributed by atoms with Crippen molar-refractivity contribution in [3.8, 4) is 5.75 Å². The highest BCUT2D eigenvalue weighted by Crippen LogP contribution is 2.34. The Bertz CT molecular complexity index is 382. The number of rotatable bonds is 5. The van der Waals surface area contributed by atoms with Crippen LogP contribution in [-0.2, 0) is 6.54 Å². The molecule has 1 aromatic carbocycles. The summed E-state index contributed by atoms with van der Waals surface area (Å²) in [6, 6.07) is 2.72. The van der Waals surface area contributed by atoms with Gasteiger partial charge in [-0.05, 0) is 46.8 Å². The highest BCUT2D eigenvalue weighted by Gasteiger charge is 2.23. The maximum absolute atomic E-state index is 13.1. The van der Waals surface area contributed by atoms with Crippen LogP contribution >= 0.6 is 15.9 Å². The second-order valence-electron chi connectivity index (χ2n) is 3.97. The smallest absolute Gasteiger partial charge is 0.138 e. The predicted molar refractivity (Wildman–Crippen MR) is 60.9 cm³/mol. The molecular weight excluding hydrogens is 277 g/mol. The van der Waals surface area contributed by atoms with Crippen molar-refractivity contribution in [1.29, 1.82) is 0 Å². The normalized spacial score (nSPS) is 15.2. The summed E-state index contributed by atoms with van der Waals surface area (Å²) in [7, 11) is 0. The fourth-order valence-corrected chi connectivity index (χ4v) is 2.07. The number of hydrogen-bond acceptors (Lipinski definition) is 3. The summed E-state index contributed by atoms with van der Waals surface area (Å²) in [5, 5.41) is 8.67. The molecule has 88 valence electrons. The van der Waals surface area contributed by atoms with Crippen molar-refractivity contribution in [3.05, 3.63) is 28.0 Å². The highest BCUT2D eigenvalue weighted by molar-refractivity contribution is 9.10. The predicted octanol–water partition coefficient (Wildman–Crippen LogP) is 2.86. The number of benzene rings is 1. The minimum absolute atomic E-state index is 0.163. The molecule has 0 saturated heterocycles. The summed E-state index contributed by atoms with van der Waals surface area (Å²) in [4.78, 5) is 0. The molecule has 0 aliphatic heterocycles. The van der Waals surface area contributed by atoms with Crippen LogP contribution in [0, 0.1) is 11.7 Å². The molecule has 0 bridgehead atoms. The van der Waals surface area contributed by atoms with Gasteiger partial charge < -0.3 is 9.94 Å². The van der Waals surface area contributed by atoms with Gasteiger partial charge in [-0.2, -0.15) is 0 Å². The number of halogens is 2. The second kappa shape index (κ2) is 5.12. The van der Waals surface area contributed by atoms with Gasteiger partial charge in [-0.15, -0.1) is 0 Å². The Labute approximate surface area is 102 Å². The molecule has 0 atom stereocenters. The van der Waals surface area contributed by atoms with E-state index in [0.29, 0.717) is 28.3 Å². The van der Waals surface area contributed by atoms with Crippen LogP contribution in [0.15, 0.2) is 16.6 Å². The lowest BCUT2D eigenvalue weighted by Crippen LogP contribution is -2.10. The molecule has 0 unspecified atom stereocenters. The molecule has 1 aromatic rings. The third kappa shape index (κ3) is 2.93. The van der Waals surface area contributed by atoms with Crippen LogP contribution in [0.5, 0.6) is 5.75 Å². The first-order chi connectivity index (χ1) is 7.70. The first kappa shape index (κ1) is 11.8. The number of hydroxylamine groups is 1. The summed E-state index contributed by atoms with van der Waals surface area (Å²) in [6.07, 6.45) is 2.40. The third-order valence-corrected chi connectivity index (χ3v) is 3.10. The molecule has 0 heterocycles. The Balaban J connectivity index is 2.16. The summed E-state index contributed by atoms with van der Waals surface area (Å²) >= 11 is 3.26. The second-order valence-corrected chi connectivity index (χ2v) is 4.82. The van der Waals surface area contributed by atoms with Crippen molar-refractivity contribution in [2.45, 2.75) is 19.4 Å². The van der Waals surface area contributed by atoms with Gasteiger partial charge in [0.25, 0.3) is 0 Å². The van der Waals surface area contributed by atoms with Crippen LogP contribution in [0.1, 0.15) is 18.4 Å². The van der Waals surface area contributed by atoms with Crippen molar-refractivity contribution in [3.63, 3.8) is 0 Å².